The van der Waals surface area contributed by atoms with Gasteiger partial charge in [-0.2, -0.15) is 11.8 Å². The molecule has 0 spiro atoms. The van der Waals surface area contributed by atoms with E-state index in [1.165, 1.54) is 7.11 Å². The summed E-state index contributed by atoms with van der Waals surface area (Å²) in [5, 5.41) is 0. The van der Waals surface area contributed by atoms with Crippen LogP contribution in [0.4, 0.5) is 0 Å². The first-order valence-electron chi connectivity index (χ1n) is 4.68. The maximum Gasteiger partial charge on any atom is 0.341 e. The summed E-state index contributed by atoms with van der Waals surface area (Å²) in [5.74, 6) is 0.852. The molecule has 3 nitrogen and oxygen atoms in total. The van der Waals surface area contributed by atoms with Gasteiger partial charge in [0.15, 0.2) is 5.78 Å². The van der Waals surface area contributed by atoms with Crippen molar-refractivity contribution in [1.82, 2.24) is 0 Å². The van der Waals surface area contributed by atoms with Crippen LogP contribution in [-0.4, -0.2) is 36.2 Å². The van der Waals surface area contributed by atoms with Crippen LogP contribution >= 0.6 is 23.4 Å². The van der Waals surface area contributed by atoms with Crippen molar-refractivity contribution >= 4 is 35.1 Å². The van der Waals surface area contributed by atoms with Crippen LogP contribution in [0.2, 0.25) is 0 Å². The molecule has 0 radical (unpaired) electrons. The van der Waals surface area contributed by atoms with Crippen LogP contribution < -0.4 is 0 Å². The Morgan fingerprint density at radius 3 is 2.47 bits per heavy atom. The van der Waals surface area contributed by atoms with Gasteiger partial charge >= 0.3 is 5.97 Å². The van der Waals surface area contributed by atoms with Crippen LogP contribution in [-0.2, 0) is 14.3 Å². The fourth-order valence-electron chi connectivity index (χ4n) is 1.49. The molecule has 1 saturated heterocycles. The van der Waals surface area contributed by atoms with Gasteiger partial charge in [-0.1, -0.05) is 5.57 Å². The summed E-state index contributed by atoms with van der Waals surface area (Å²) in [6, 6.07) is 0. The Balaban J connectivity index is 2.96. The lowest BCUT2D eigenvalue weighted by Crippen LogP contribution is -2.19. The molecule has 0 aromatic rings. The predicted molar refractivity (Wildman–Crippen MR) is 61.3 cm³/mol. The summed E-state index contributed by atoms with van der Waals surface area (Å²) in [6.07, 6.45) is 1.55. The lowest BCUT2D eigenvalue weighted by Gasteiger charge is -2.16. The van der Waals surface area contributed by atoms with E-state index in [-0.39, 0.29) is 17.2 Å². The van der Waals surface area contributed by atoms with Crippen molar-refractivity contribution in [3.63, 3.8) is 0 Å². The number of carbonyl (C=O) groups excluding carboxylic acids is 2. The monoisotopic (exact) mass is 248 g/mol. The number of rotatable bonds is 3. The van der Waals surface area contributed by atoms with Gasteiger partial charge in [0, 0.05) is 0 Å². The van der Waals surface area contributed by atoms with Gasteiger partial charge < -0.3 is 4.74 Å². The van der Waals surface area contributed by atoms with Crippen LogP contribution in [0.15, 0.2) is 11.1 Å². The molecule has 0 aliphatic carbocycles. The molecule has 84 valence electrons. The molecule has 15 heavy (non-hydrogen) atoms. The van der Waals surface area contributed by atoms with E-state index in [4.69, 9.17) is 11.6 Å². The maximum absolute atomic E-state index is 11.5. The quantitative estimate of drug-likeness (QED) is 0.251. The summed E-state index contributed by atoms with van der Waals surface area (Å²) in [6.45, 7) is 0. The van der Waals surface area contributed by atoms with Crippen molar-refractivity contribution in [3.8, 4) is 0 Å². The number of alkyl halides is 1. The predicted octanol–water partition coefficient (Wildman–Crippen LogP) is 1.79. The molecule has 1 aliphatic heterocycles. The van der Waals surface area contributed by atoms with E-state index in [9.17, 15) is 9.59 Å². The van der Waals surface area contributed by atoms with Crippen molar-refractivity contribution in [2.75, 3.05) is 24.5 Å². The number of thioether (sulfide) groups is 1. The second-order valence-corrected chi connectivity index (χ2v) is 4.63. The van der Waals surface area contributed by atoms with Crippen LogP contribution in [0.3, 0.4) is 0 Å². The number of carbonyl (C=O) groups is 2. The van der Waals surface area contributed by atoms with Crippen molar-refractivity contribution in [2.24, 2.45) is 0 Å². The molecule has 0 aromatic heterocycles. The second-order valence-electron chi connectivity index (χ2n) is 3.14. The first-order chi connectivity index (χ1) is 7.20. The summed E-state index contributed by atoms with van der Waals surface area (Å²) >= 11 is 7.29. The third kappa shape index (κ3) is 3.24. The van der Waals surface area contributed by atoms with Crippen LogP contribution in [0.1, 0.15) is 12.8 Å². The lowest BCUT2D eigenvalue weighted by molar-refractivity contribution is -0.137. The van der Waals surface area contributed by atoms with E-state index < -0.39 is 5.97 Å². The third-order valence-electron chi connectivity index (χ3n) is 2.24. The molecule has 0 unspecified atom stereocenters. The van der Waals surface area contributed by atoms with E-state index in [0.717, 1.165) is 29.9 Å². The molecule has 0 atom stereocenters. The minimum absolute atomic E-state index is 0.166. The number of halogens is 1. The van der Waals surface area contributed by atoms with E-state index in [1.807, 2.05) is 11.8 Å². The molecule has 0 saturated carbocycles. The zero-order valence-electron chi connectivity index (χ0n) is 8.55. The maximum atomic E-state index is 11.5. The van der Waals surface area contributed by atoms with E-state index >= 15 is 0 Å². The van der Waals surface area contributed by atoms with Gasteiger partial charge in [0.2, 0.25) is 0 Å². The molecule has 0 aromatic carbocycles. The first-order valence-corrected chi connectivity index (χ1v) is 6.37. The standard InChI is InChI=1S/C10H13ClO3S/c1-14-10(13)9(8(12)6-11)7-2-4-15-5-3-7/h2-6H2,1H3. The summed E-state index contributed by atoms with van der Waals surface area (Å²) in [7, 11) is 1.28. The normalized spacial score (nSPS) is 16.0. The van der Waals surface area contributed by atoms with Gasteiger partial charge in [0.05, 0.1) is 13.0 Å². The van der Waals surface area contributed by atoms with E-state index in [0.29, 0.717) is 0 Å². The number of ketones is 1. The lowest BCUT2D eigenvalue weighted by atomic mass is 10.00. The van der Waals surface area contributed by atoms with Gasteiger partial charge in [-0.25, -0.2) is 4.79 Å². The van der Waals surface area contributed by atoms with Gasteiger partial charge in [0.25, 0.3) is 0 Å². The van der Waals surface area contributed by atoms with Crippen LogP contribution in [0.5, 0.6) is 0 Å². The number of esters is 1. The van der Waals surface area contributed by atoms with Crippen LogP contribution in [0.25, 0.3) is 0 Å². The Labute approximate surface area is 98.2 Å². The van der Waals surface area contributed by atoms with Gasteiger partial charge in [-0.05, 0) is 24.3 Å². The molecule has 1 aliphatic rings. The molecule has 0 bridgehead atoms. The minimum atomic E-state index is -0.553. The molecular weight excluding hydrogens is 236 g/mol. The largest absolute Gasteiger partial charge is 0.465 e. The number of allylic oxidation sites excluding steroid dienone is 1. The number of Topliss-reactive ketones (excluding diaryl/α,β-unsaturated/α-hetero) is 1. The Hall–Kier alpha value is -0.480. The molecule has 1 fully saturated rings. The molecule has 0 amide bonds. The minimum Gasteiger partial charge on any atom is -0.465 e. The van der Waals surface area contributed by atoms with Gasteiger partial charge in [0.1, 0.15) is 5.57 Å². The second kappa shape index (κ2) is 6.18. The molecule has 5 heteroatoms. The fourth-order valence-corrected chi connectivity index (χ4v) is 2.61. The summed E-state index contributed by atoms with van der Waals surface area (Å²) in [4.78, 5) is 23.0. The zero-order valence-corrected chi connectivity index (χ0v) is 10.1. The van der Waals surface area contributed by atoms with Gasteiger partial charge in [-0.15, -0.1) is 11.6 Å². The van der Waals surface area contributed by atoms with Crippen LogP contribution in [0, 0.1) is 0 Å². The van der Waals surface area contributed by atoms with Crippen molar-refractivity contribution < 1.29 is 14.3 Å². The third-order valence-corrected chi connectivity index (χ3v) is 3.47. The highest BCUT2D eigenvalue weighted by Gasteiger charge is 2.23. The van der Waals surface area contributed by atoms with Crippen molar-refractivity contribution in [3.05, 3.63) is 11.1 Å². The number of ether oxygens (including phenoxy) is 1. The molecule has 0 N–H and O–H groups in total. The average molecular weight is 249 g/mol. The summed E-state index contributed by atoms with van der Waals surface area (Å²) < 4.78 is 4.61. The SMILES string of the molecule is COC(=O)C(C(=O)CCl)=C1CCSCC1. The number of hydrogen-bond donors (Lipinski definition) is 0. The highest BCUT2D eigenvalue weighted by atomic mass is 35.5. The van der Waals surface area contributed by atoms with Crippen molar-refractivity contribution in [1.29, 1.82) is 0 Å². The number of methoxy groups -OCH3 is 1. The smallest absolute Gasteiger partial charge is 0.341 e. The molecule has 1 heterocycles. The van der Waals surface area contributed by atoms with E-state index in [2.05, 4.69) is 4.74 Å². The fraction of sp³-hybridized carbons (Fsp3) is 0.600. The number of hydrogen-bond acceptors (Lipinski definition) is 4. The molecule has 1 rings (SSSR count). The topological polar surface area (TPSA) is 43.4 Å². The van der Waals surface area contributed by atoms with Gasteiger partial charge in [-0.3, -0.25) is 4.79 Å². The average Bonchev–Trinajstić information content (AvgIpc) is 2.30. The molecular formula is C10H13ClO3S. The van der Waals surface area contributed by atoms with E-state index in [1.54, 1.807) is 0 Å². The Kier molecular flexibility index (Phi) is 5.19. The highest BCUT2D eigenvalue weighted by Crippen LogP contribution is 2.25. The Morgan fingerprint density at radius 1 is 1.40 bits per heavy atom. The van der Waals surface area contributed by atoms with Crippen molar-refractivity contribution in [2.45, 2.75) is 12.8 Å². The highest BCUT2D eigenvalue weighted by molar-refractivity contribution is 7.99. The zero-order chi connectivity index (χ0) is 11.3. The Morgan fingerprint density at radius 2 is 2.00 bits per heavy atom. The Bertz CT molecular complexity index is 273. The summed E-state index contributed by atoms with van der Waals surface area (Å²) in [5.41, 5.74) is 1.07. The first kappa shape index (κ1) is 12.6.